The number of rotatable bonds is 5. The maximum Gasteiger partial charge on any atom is 0.326 e. The summed E-state index contributed by atoms with van der Waals surface area (Å²) in [6.45, 7) is 1.76. The molecule has 0 aliphatic heterocycles. The second-order valence-electron chi connectivity index (χ2n) is 6.43. The Kier molecular flexibility index (Phi) is 5.09. The van der Waals surface area contributed by atoms with Crippen LogP contribution in [0.1, 0.15) is 11.1 Å². The van der Waals surface area contributed by atoms with E-state index in [0.29, 0.717) is 10.7 Å². The van der Waals surface area contributed by atoms with Gasteiger partial charge in [0.15, 0.2) is 11.2 Å². The van der Waals surface area contributed by atoms with Crippen molar-refractivity contribution in [1.82, 2.24) is 24.5 Å². The van der Waals surface area contributed by atoms with E-state index in [0.717, 1.165) is 15.7 Å². The molecule has 8 nitrogen and oxygen atoms in total. The van der Waals surface area contributed by atoms with Crippen LogP contribution in [0.5, 0.6) is 0 Å². The molecule has 0 atom stereocenters. The molecule has 0 bridgehead atoms. The number of hydrogen-bond acceptors (Lipinski definition) is 6. The normalized spacial score (nSPS) is 11.0. The van der Waals surface area contributed by atoms with Crippen molar-refractivity contribution in [3.63, 3.8) is 0 Å². The first-order valence-electron chi connectivity index (χ1n) is 8.80. The Morgan fingerprint density at radius 1 is 1.17 bits per heavy atom. The summed E-state index contributed by atoms with van der Waals surface area (Å²) in [7, 11) is 0. The lowest BCUT2D eigenvalue weighted by Crippen LogP contribution is -2.26. The highest BCUT2D eigenvalue weighted by Gasteiger charge is 2.15. The lowest BCUT2D eigenvalue weighted by molar-refractivity contribution is -0.145. The van der Waals surface area contributed by atoms with Crippen LogP contribution in [0.4, 0.5) is 0 Å². The van der Waals surface area contributed by atoms with Gasteiger partial charge in [-0.15, -0.1) is 5.10 Å². The number of ether oxygens (including phenoxy) is 1. The summed E-state index contributed by atoms with van der Waals surface area (Å²) >= 11 is 6.17. The third-order valence-electron chi connectivity index (χ3n) is 4.37. The molecule has 0 amide bonds. The summed E-state index contributed by atoms with van der Waals surface area (Å²) < 4.78 is 7.80. The van der Waals surface area contributed by atoms with Crippen LogP contribution in [-0.4, -0.2) is 30.5 Å². The second kappa shape index (κ2) is 7.84. The van der Waals surface area contributed by atoms with Gasteiger partial charge in [-0.25, -0.2) is 4.98 Å². The first-order valence-corrected chi connectivity index (χ1v) is 9.17. The van der Waals surface area contributed by atoms with Crippen LogP contribution >= 0.6 is 11.6 Å². The lowest BCUT2D eigenvalue weighted by atomic mass is 10.2. The highest BCUT2D eigenvalue weighted by molar-refractivity contribution is 6.31. The van der Waals surface area contributed by atoms with Gasteiger partial charge in [-0.05, 0) is 30.2 Å². The highest BCUT2D eigenvalue weighted by atomic mass is 35.5. The molecule has 4 aromatic rings. The molecule has 0 radical (unpaired) electrons. The van der Waals surface area contributed by atoms with Crippen LogP contribution in [0, 0.1) is 6.92 Å². The zero-order chi connectivity index (χ0) is 20.4. The number of fused-ring (bicyclic) bond motifs is 1. The van der Waals surface area contributed by atoms with Crippen LogP contribution in [0.15, 0.2) is 59.7 Å². The van der Waals surface area contributed by atoms with Gasteiger partial charge in [0, 0.05) is 5.02 Å². The maximum absolute atomic E-state index is 12.7. The van der Waals surface area contributed by atoms with Crippen molar-refractivity contribution in [3.8, 4) is 5.69 Å². The summed E-state index contributed by atoms with van der Waals surface area (Å²) in [6.07, 6.45) is 1.28. The molecular formula is C20H16ClN5O3. The first kappa shape index (κ1) is 18.8. The van der Waals surface area contributed by atoms with E-state index in [4.69, 9.17) is 16.3 Å². The predicted molar refractivity (Wildman–Crippen MR) is 107 cm³/mol. The molecule has 2 heterocycles. The largest absolute Gasteiger partial charge is 0.459 e. The minimum absolute atomic E-state index is 0.0556. The minimum Gasteiger partial charge on any atom is -0.459 e. The van der Waals surface area contributed by atoms with E-state index < -0.39 is 11.5 Å². The molecule has 146 valence electrons. The molecule has 29 heavy (non-hydrogen) atoms. The van der Waals surface area contributed by atoms with E-state index in [9.17, 15) is 9.59 Å². The van der Waals surface area contributed by atoms with E-state index in [1.54, 1.807) is 6.07 Å². The minimum atomic E-state index is -0.546. The van der Waals surface area contributed by atoms with E-state index in [1.807, 2.05) is 49.4 Å². The number of esters is 1. The average Bonchev–Trinajstić information content (AvgIpc) is 3.16. The molecule has 0 fully saturated rings. The summed E-state index contributed by atoms with van der Waals surface area (Å²) in [5.74, 6) is -0.546. The summed E-state index contributed by atoms with van der Waals surface area (Å²) in [5.41, 5.74) is 2.28. The van der Waals surface area contributed by atoms with Gasteiger partial charge in [0.2, 0.25) is 0 Å². The van der Waals surface area contributed by atoms with Crippen LogP contribution < -0.4 is 5.56 Å². The number of halogens is 1. The average molecular weight is 410 g/mol. The lowest BCUT2D eigenvalue weighted by Gasteiger charge is -2.07. The molecule has 0 spiro atoms. The standard InChI is InChI=1S/C20H16ClN5O3/c1-13-7-8-15(9-16(13)21)26-19-18(23-24-26)20(28)25(12-22-19)10-17(27)29-11-14-5-3-2-4-6-14/h2-9,12H,10-11H2,1H3. The number of carbonyl (C=O) groups excluding carboxylic acids is 1. The summed E-state index contributed by atoms with van der Waals surface area (Å²) in [6, 6.07) is 14.7. The zero-order valence-electron chi connectivity index (χ0n) is 15.4. The van der Waals surface area contributed by atoms with Crippen LogP contribution in [-0.2, 0) is 22.7 Å². The first-order chi connectivity index (χ1) is 14.0. The Bertz CT molecular complexity index is 1250. The third-order valence-corrected chi connectivity index (χ3v) is 4.78. The molecule has 0 saturated heterocycles. The smallest absolute Gasteiger partial charge is 0.326 e. The number of aryl methyl sites for hydroxylation is 1. The van der Waals surface area contributed by atoms with Crippen molar-refractivity contribution in [1.29, 1.82) is 0 Å². The quantitative estimate of drug-likeness (QED) is 0.470. The Hall–Kier alpha value is -3.52. The molecule has 0 unspecified atom stereocenters. The Labute approximate surface area is 170 Å². The molecule has 0 aliphatic rings. The van der Waals surface area contributed by atoms with E-state index in [1.165, 1.54) is 11.0 Å². The van der Waals surface area contributed by atoms with Gasteiger partial charge in [0.1, 0.15) is 19.5 Å². The van der Waals surface area contributed by atoms with E-state index >= 15 is 0 Å². The Balaban J connectivity index is 1.56. The van der Waals surface area contributed by atoms with Crippen LogP contribution in [0.3, 0.4) is 0 Å². The van der Waals surface area contributed by atoms with Gasteiger partial charge < -0.3 is 4.74 Å². The fourth-order valence-corrected chi connectivity index (χ4v) is 2.94. The molecule has 0 aliphatic carbocycles. The van der Waals surface area contributed by atoms with Gasteiger partial charge in [-0.3, -0.25) is 14.2 Å². The van der Waals surface area contributed by atoms with Gasteiger partial charge >= 0.3 is 5.97 Å². The van der Waals surface area contributed by atoms with Gasteiger partial charge in [0.05, 0.1) is 5.69 Å². The van der Waals surface area contributed by atoms with Gasteiger partial charge in [-0.1, -0.05) is 53.2 Å². The summed E-state index contributed by atoms with van der Waals surface area (Å²) in [4.78, 5) is 29.0. The van der Waals surface area contributed by atoms with Crippen molar-refractivity contribution >= 4 is 28.7 Å². The molecular weight excluding hydrogens is 394 g/mol. The molecule has 9 heteroatoms. The Morgan fingerprint density at radius 2 is 1.97 bits per heavy atom. The highest BCUT2D eigenvalue weighted by Crippen LogP contribution is 2.20. The fourth-order valence-electron chi connectivity index (χ4n) is 2.77. The van der Waals surface area contributed by atoms with Crippen LogP contribution in [0.2, 0.25) is 5.02 Å². The van der Waals surface area contributed by atoms with Crippen molar-refractivity contribution < 1.29 is 9.53 Å². The zero-order valence-corrected chi connectivity index (χ0v) is 16.2. The second-order valence-corrected chi connectivity index (χ2v) is 6.84. The topological polar surface area (TPSA) is 91.9 Å². The van der Waals surface area contributed by atoms with Gasteiger partial charge in [0.25, 0.3) is 5.56 Å². The van der Waals surface area contributed by atoms with Crippen molar-refractivity contribution in [3.05, 3.63) is 81.4 Å². The van der Waals surface area contributed by atoms with Crippen molar-refractivity contribution in [2.45, 2.75) is 20.1 Å². The SMILES string of the molecule is Cc1ccc(-n2nnc3c(=O)n(CC(=O)OCc4ccccc4)cnc32)cc1Cl. The van der Waals surface area contributed by atoms with Crippen molar-refractivity contribution in [2.75, 3.05) is 0 Å². The van der Waals surface area contributed by atoms with Gasteiger partial charge in [-0.2, -0.15) is 4.68 Å². The molecule has 2 aromatic carbocycles. The van der Waals surface area contributed by atoms with Crippen LogP contribution in [0.25, 0.3) is 16.9 Å². The molecule has 2 aromatic heterocycles. The number of carbonyl (C=O) groups is 1. The van der Waals surface area contributed by atoms with Crippen molar-refractivity contribution in [2.24, 2.45) is 0 Å². The third kappa shape index (κ3) is 3.88. The summed E-state index contributed by atoms with van der Waals surface area (Å²) in [5, 5.41) is 8.51. The molecule has 0 N–H and O–H groups in total. The molecule has 0 saturated carbocycles. The monoisotopic (exact) mass is 409 g/mol. The number of hydrogen-bond donors (Lipinski definition) is 0. The number of nitrogens with zero attached hydrogens (tertiary/aromatic N) is 5. The number of benzene rings is 2. The Morgan fingerprint density at radius 3 is 2.72 bits per heavy atom. The molecule has 4 rings (SSSR count). The number of aromatic nitrogens is 5. The van der Waals surface area contributed by atoms with E-state index in [-0.39, 0.29) is 24.3 Å². The maximum atomic E-state index is 12.7. The predicted octanol–water partition coefficient (Wildman–Crippen LogP) is 2.68. The fraction of sp³-hybridized carbons (Fsp3) is 0.150. The van der Waals surface area contributed by atoms with E-state index in [2.05, 4.69) is 15.3 Å².